The second-order valence-electron chi connectivity index (χ2n) is 9.68. The van der Waals surface area contributed by atoms with Crippen molar-refractivity contribution in [2.24, 2.45) is 5.92 Å². The maximum absolute atomic E-state index is 13.6. The first-order chi connectivity index (χ1) is 17.1. The van der Waals surface area contributed by atoms with E-state index in [0.717, 1.165) is 16.0 Å². The van der Waals surface area contributed by atoms with E-state index in [0.29, 0.717) is 6.42 Å². The quantitative estimate of drug-likeness (QED) is 0.346. The van der Waals surface area contributed by atoms with E-state index in [-0.39, 0.29) is 36.4 Å². The lowest BCUT2D eigenvalue weighted by Crippen LogP contribution is -2.40. The van der Waals surface area contributed by atoms with Gasteiger partial charge in [-0.3, -0.25) is 14.4 Å². The monoisotopic (exact) mass is 508 g/mol. The van der Waals surface area contributed by atoms with Crippen molar-refractivity contribution in [2.75, 3.05) is 6.61 Å². The first kappa shape index (κ1) is 27.4. The Hall–Kier alpha value is -3.19. The number of rotatable bonds is 10. The van der Waals surface area contributed by atoms with Gasteiger partial charge >= 0.3 is 5.97 Å². The molecule has 36 heavy (non-hydrogen) atoms. The standard InChI is InChI=1S/C29H36N2O4S/c1-7-35-27(33)16-23(22-15-25(36-17-22)28-20(5)9-8-10-21(28)6)30-29(34)24(13-18(2)3)31-12-11-19(4)14-26(31)32/h8-12,14-15,17-18,23-24H,7,13,16H2,1-6H3,(H,30,34). The average Bonchev–Trinajstić information content (AvgIpc) is 3.27. The SMILES string of the molecule is CCOC(=O)CC(NC(=O)C(CC(C)C)n1ccc(C)cc1=O)c1csc(-c2c(C)cccc2C)c1. The topological polar surface area (TPSA) is 77.4 Å². The Balaban J connectivity index is 1.96. The number of carbonyl (C=O) groups is 2. The summed E-state index contributed by atoms with van der Waals surface area (Å²) in [5.41, 5.74) is 4.98. The van der Waals surface area contributed by atoms with Crippen LogP contribution in [0.1, 0.15) is 68.0 Å². The van der Waals surface area contributed by atoms with Gasteiger partial charge in [0.1, 0.15) is 6.04 Å². The van der Waals surface area contributed by atoms with Crippen LogP contribution < -0.4 is 10.9 Å². The molecule has 2 heterocycles. The van der Waals surface area contributed by atoms with Gasteiger partial charge in [0.25, 0.3) is 5.56 Å². The average molecular weight is 509 g/mol. The van der Waals surface area contributed by atoms with Crippen LogP contribution in [0.4, 0.5) is 0 Å². The summed E-state index contributed by atoms with van der Waals surface area (Å²) >= 11 is 1.59. The lowest BCUT2D eigenvalue weighted by molar-refractivity contribution is -0.143. The Bertz CT molecular complexity index is 1250. The Morgan fingerprint density at radius 2 is 1.78 bits per heavy atom. The number of ether oxygens (including phenoxy) is 1. The Morgan fingerprint density at radius 3 is 2.39 bits per heavy atom. The van der Waals surface area contributed by atoms with Crippen molar-refractivity contribution in [1.82, 2.24) is 9.88 Å². The van der Waals surface area contributed by atoms with Crippen LogP contribution in [0.15, 0.2) is 52.8 Å². The molecule has 3 aromatic rings. The van der Waals surface area contributed by atoms with Crippen molar-refractivity contribution in [2.45, 2.75) is 66.5 Å². The van der Waals surface area contributed by atoms with E-state index >= 15 is 0 Å². The zero-order valence-electron chi connectivity index (χ0n) is 22.0. The third kappa shape index (κ3) is 6.72. The minimum absolute atomic E-state index is 0.0136. The normalized spacial score (nSPS) is 12.9. The number of amides is 1. The summed E-state index contributed by atoms with van der Waals surface area (Å²) in [5, 5.41) is 5.06. The lowest BCUT2D eigenvalue weighted by atomic mass is 9.99. The number of nitrogens with one attached hydrogen (secondary N) is 1. The van der Waals surface area contributed by atoms with Crippen molar-refractivity contribution in [1.29, 1.82) is 0 Å². The molecule has 0 bridgehead atoms. The number of carbonyl (C=O) groups excluding carboxylic acids is 2. The zero-order valence-corrected chi connectivity index (χ0v) is 22.8. The van der Waals surface area contributed by atoms with Gasteiger partial charge in [0.2, 0.25) is 5.91 Å². The van der Waals surface area contributed by atoms with Gasteiger partial charge in [0, 0.05) is 17.1 Å². The number of aryl methyl sites for hydroxylation is 3. The summed E-state index contributed by atoms with van der Waals surface area (Å²) in [5.74, 6) is -0.478. The van der Waals surface area contributed by atoms with E-state index in [4.69, 9.17) is 4.74 Å². The fourth-order valence-corrected chi connectivity index (χ4v) is 5.55. The van der Waals surface area contributed by atoms with E-state index < -0.39 is 12.1 Å². The van der Waals surface area contributed by atoms with Crippen molar-refractivity contribution in [3.8, 4) is 10.4 Å². The largest absolute Gasteiger partial charge is 0.466 e. The van der Waals surface area contributed by atoms with Crippen LogP contribution in [0.3, 0.4) is 0 Å². The highest BCUT2D eigenvalue weighted by molar-refractivity contribution is 7.13. The Kier molecular flexibility index (Phi) is 9.26. The van der Waals surface area contributed by atoms with Crippen molar-refractivity contribution in [3.63, 3.8) is 0 Å². The molecule has 192 valence electrons. The van der Waals surface area contributed by atoms with Gasteiger partial charge in [0.15, 0.2) is 0 Å². The first-order valence-corrected chi connectivity index (χ1v) is 13.3. The van der Waals surface area contributed by atoms with Crippen LogP contribution in [0, 0.1) is 26.7 Å². The van der Waals surface area contributed by atoms with E-state index in [9.17, 15) is 14.4 Å². The molecular formula is C29H36N2O4S. The number of pyridine rings is 1. The molecule has 0 aliphatic heterocycles. The van der Waals surface area contributed by atoms with Crippen LogP contribution in [-0.2, 0) is 14.3 Å². The van der Waals surface area contributed by atoms with E-state index in [1.807, 2.05) is 44.4 Å². The van der Waals surface area contributed by atoms with Gasteiger partial charge in [-0.05, 0) is 85.4 Å². The van der Waals surface area contributed by atoms with E-state index in [1.165, 1.54) is 27.3 Å². The molecule has 7 heteroatoms. The van der Waals surface area contributed by atoms with Gasteiger partial charge in [-0.25, -0.2) is 0 Å². The van der Waals surface area contributed by atoms with Gasteiger partial charge < -0.3 is 14.6 Å². The molecule has 0 fully saturated rings. The smallest absolute Gasteiger partial charge is 0.308 e. The molecule has 2 atom stereocenters. The van der Waals surface area contributed by atoms with Crippen molar-refractivity contribution in [3.05, 3.63) is 80.6 Å². The van der Waals surface area contributed by atoms with Gasteiger partial charge in [-0.2, -0.15) is 0 Å². The number of nitrogens with zero attached hydrogens (tertiary/aromatic N) is 1. The predicted molar refractivity (Wildman–Crippen MR) is 145 cm³/mol. The number of benzene rings is 1. The van der Waals surface area contributed by atoms with E-state index in [2.05, 4.69) is 31.3 Å². The second-order valence-corrected chi connectivity index (χ2v) is 10.6. The molecule has 3 rings (SSSR count). The molecule has 1 aromatic carbocycles. The minimum Gasteiger partial charge on any atom is -0.466 e. The molecule has 1 amide bonds. The molecular weight excluding hydrogens is 472 g/mol. The molecule has 0 saturated heterocycles. The fourth-order valence-electron chi connectivity index (χ4n) is 4.41. The summed E-state index contributed by atoms with van der Waals surface area (Å²) in [6, 6.07) is 10.3. The first-order valence-electron chi connectivity index (χ1n) is 12.4. The highest BCUT2D eigenvalue weighted by atomic mass is 32.1. The minimum atomic E-state index is -0.681. The lowest BCUT2D eigenvalue weighted by Gasteiger charge is -2.25. The summed E-state index contributed by atoms with van der Waals surface area (Å²) < 4.78 is 6.69. The molecule has 0 aliphatic rings. The maximum atomic E-state index is 13.6. The van der Waals surface area contributed by atoms with Crippen LogP contribution >= 0.6 is 11.3 Å². The van der Waals surface area contributed by atoms with Crippen molar-refractivity contribution < 1.29 is 14.3 Å². The molecule has 2 aromatic heterocycles. The Labute approximate surface area is 217 Å². The molecule has 0 aliphatic carbocycles. The summed E-state index contributed by atoms with van der Waals surface area (Å²) in [4.78, 5) is 39.9. The van der Waals surface area contributed by atoms with Crippen LogP contribution in [0.25, 0.3) is 10.4 Å². The zero-order chi connectivity index (χ0) is 26.4. The second kappa shape index (κ2) is 12.2. The van der Waals surface area contributed by atoms with Crippen LogP contribution in [0.5, 0.6) is 0 Å². The molecule has 0 radical (unpaired) electrons. The maximum Gasteiger partial charge on any atom is 0.308 e. The molecule has 0 saturated carbocycles. The molecule has 1 N–H and O–H groups in total. The fraction of sp³-hybridized carbons (Fsp3) is 0.414. The number of aromatic nitrogens is 1. The molecule has 2 unspecified atom stereocenters. The van der Waals surface area contributed by atoms with Crippen LogP contribution in [0.2, 0.25) is 0 Å². The van der Waals surface area contributed by atoms with E-state index in [1.54, 1.807) is 24.5 Å². The summed E-state index contributed by atoms with van der Waals surface area (Å²) in [6.07, 6.45) is 2.19. The van der Waals surface area contributed by atoms with Gasteiger partial charge in [-0.1, -0.05) is 32.0 Å². The summed E-state index contributed by atoms with van der Waals surface area (Å²) in [7, 11) is 0. The number of esters is 1. The Morgan fingerprint density at radius 1 is 1.08 bits per heavy atom. The predicted octanol–water partition coefficient (Wildman–Crippen LogP) is 5.90. The number of thiophene rings is 1. The highest BCUT2D eigenvalue weighted by Gasteiger charge is 2.28. The molecule has 0 spiro atoms. The third-order valence-corrected chi connectivity index (χ3v) is 7.14. The summed E-state index contributed by atoms with van der Waals surface area (Å²) in [6.45, 7) is 12.1. The van der Waals surface area contributed by atoms with Crippen molar-refractivity contribution >= 4 is 23.2 Å². The molecule has 6 nitrogen and oxygen atoms in total. The highest BCUT2D eigenvalue weighted by Crippen LogP contribution is 2.35. The van der Waals surface area contributed by atoms with Crippen LogP contribution in [-0.4, -0.2) is 23.1 Å². The number of hydrogen-bond donors (Lipinski definition) is 1. The third-order valence-electron chi connectivity index (χ3n) is 6.18. The number of hydrogen-bond acceptors (Lipinski definition) is 5. The van der Waals surface area contributed by atoms with Gasteiger partial charge in [-0.15, -0.1) is 11.3 Å². The van der Waals surface area contributed by atoms with Gasteiger partial charge in [0.05, 0.1) is 19.1 Å².